The van der Waals surface area contributed by atoms with Crippen molar-refractivity contribution in [1.82, 2.24) is 5.32 Å². The van der Waals surface area contributed by atoms with E-state index in [1.807, 2.05) is 0 Å². The Morgan fingerprint density at radius 2 is 1.96 bits per heavy atom. The van der Waals surface area contributed by atoms with Crippen molar-refractivity contribution in [2.24, 2.45) is 5.92 Å². The third kappa shape index (κ3) is 4.03. The second kappa shape index (κ2) is 7.52. The van der Waals surface area contributed by atoms with Gasteiger partial charge in [-0.05, 0) is 47.7 Å². The van der Waals surface area contributed by atoms with Crippen LogP contribution in [0.5, 0.6) is 5.75 Å². The van der Waals surface area contributed by atoms with Gasteiger partial charge in [0.05, 0.1) is 12.1 Å². The molecule has 1 fully saturated rings. The largest absolute Gasteiger partial charge is 0.495 e. The summed E-state index contributed by atoms with van der Waals surface area (Å²) >= 11 is 6.02. The second-order valence-electron chi connectivity index (χ2n) is 6.30. The van der Waals surface area contributed by atoms with E-state index in [0.29, 0.717) is 23.3 Å². The topological polar surface area (TPSA) is 75.6 Å². The van der Waals surface area contributed by atoms with Gasteiger partial charge in [-0.3, -0.25) is 4.79 Å². The normalized spacial score (nSPS) is 19.3. The molecule has 0 saturated heterocycles. The minimum Gasteiger partial charge on any atom is -0.495 e. The van der Waals surface area contributed by atoms with E-state index in [1.54, 1.807) is 0 Å². The highest BCUT2D eigenvalue weighted by molar-refractivity contribution is 6.32. The van der Waals surface area contributed by atoms with Gasteiger partial charge < -0.3 is 15.2 Å². The summed E-state index contributed by atoms with van der Waals surface area (Å²) in [5.74, 6) is -4.02. The van der Waals surface area contributed by atoms with Crippen LogP contribution in [0.2, 0.25) is 5.02 Å². The van der Waals surface area contributed by atoms with Crippen molar-refractivity contribution in [2.45, 2.75) is 18.4 Å². The number of aliphatic carboxylic acids is 1. The number of ether oxygens (including phenoxy) is 1. The number of benzene rings is 2. The number of carboxylic acid groups (broad SMARTS) is 1. The Labute approximate surface area is 158 Å². The zero-order valence-electron chi connectivity index (χ0n) is 14.2. The standard InChI is InChI=1S/C19H16ClF2NO4/c1-27-16-5-3-10(6-13(16)20)17(19(25)26)23-18(24)12-8-11(12)9-2-4-14(21)15(22)7-9/h2-7,11-12,17H,8H2,1H3,(H,23,24)(H,25,26). The maximum absolute atomic E-state index is 13.4. The SMILES string of the molecule is COc1ccc(C(NC(=O)C2CC2c2ccc(F)c(F)c2)C(=O)O)cc1Cl. The van der Waals surface area contributed by atoms with Crippen LogP contribution >= 0.6 is 11.6 Å². The molecule has 3 atom stereocenters. The Balaban J connectivity index is 1.72. The van der Waals surface area contributed by atoms with E-state index >= 15 is 0 Å². The van der Waals surface area contributed by atoms with E-state index in [2.05, 4.69) is 5.32 Å². The third-order valence-corrected chi connectivity index (χ3v) is 4.84. The molecule has 0 heterocycles. The molecular weight excluding hydrogens is 380 g/mol. The Morgan fingerprint density at radius 1 is 1.22 bits per heavy atom. The highest BCUT2D eigenvalue weighted by atomic mass is 35.5. The lowest BCUT2D eigenvalue weighted by molar-refractivity contribution is -0.142. The molecule has 2 aromatic carbocycles. The van der Waals surface area contributed by atoms with Crippen molar-refractivity contribution in [2.75, 3.05) is 7.11 Å². The van der Waals surface area contributed by atoms with E-state index in [9.17, 15) is 23.5 Å². The number of amides is 1. The summed E-state index contributed by atoms with van der Waals surface area (Å²) in [5.41, 5.74) is 0.806. The van der Waals surface area contributed by atoms with Crippen LogP contribution in [0.25, 0.3) is 0 Å². The van der Waals surface area contributed by atoms with Gasteiger partial charge in [-0.2, -0.15) is 0 Å². The third-order valence-electron chi connectivity index (χ3n) is 4.54. The number of hydrogen-bond donors (Lipinski definition) is 2. The summed E-state index contributed by atoms with van der Waals surface area (Å²) in [6.07, 6.45) is 0.437. The van der Waals surface area contributed by atoms with Crippen molar-refractivity contribution in [3.63, 3.8) is 0 Å². The molecule has 8 heteroatoms. The van der Waals surface area contributed by atoms with Crippen LogP contribution in [0.15, 0.2) is 36.4 Å². The molecule has 0 aliphatic heterocycles. The monoisotopic (exact) mass is 395 g/mol. The van der Waals surface area contributed by atoms with Crippen molar-refractivity contribution in [3.8, 4) is 5.75 Å². The van der Waals surface area contributed by atoms with Crippen LogP contribution in [0.1, 0.15) is 29.5 Å². The maximum atomic E-state index is 13.4. The predicted octanol–water partition coefficient (Wildman–Crippen LogP) is 3.67. The molecule has 3 rings (SSSR count). The first-order valence-electron chi connectivity index (χ1n) is 8.13. The molecule has 2 N–H and O–H groups in total. The fourth-order valence-corrected chi connectivity index (χ4v) is 3.26. The summed E-state index contributed by atoms with van der Waals surface area (Å²) < 4.78 is 31.4. The first-order chi connectivity index (χ1) is 12.8. The van der Waals surface area contributed by atoms with Crippen LogP contribution < -0.4 is 10.1 Å². The lowest BCUT2D eigenvalue weighted by Gasteiger charge is -2.16. The molecule has 142 valence electrons. The number of carbonyl (C=O) groups is 2. The number of nitrogens with one attached hydrogen (secondary N) is 1. The molecule has 0 bridgehead atoms. The second-order valence-corrected chi connectivity index (χ2v) is 6.70. The molecule has 1 saturated carbocycles. The summed E-state index contributed by atoms with van der Waals surface area (Å²) in [6.45, 7) is 0. The average Bonchev–Trinajstić information content (AvgIpc) is 3.42. The molecule has 27 heavy (non-hydrogen) atoms. The lowest BCUT2D eigenvalue weighted by atomic mass is 10.1. The fourth-order valence-electron chi connectivity index (χ4n) is 3.00. The van der Waals surface area contributed by atoms with E-state index < -0.39 is 35.5 Å². The minimum atomic E-state index is -1.29. The zero-order chi connectivity index (χ0) is 19.7. The predicted molar refractivity (Wildman–Crippen MR) is 93.7 cm³/mol. The highest BCUT2D eigenvalue weighted by Crippen LogP contribution is 2.48. The number of rotatable bonds is 6. The molecule has 2 aromatic rings. The Bertz CT molecular complexity index is 905. The van der Waals surface area contributed by atoms with Gasteiger partial charge in [0.25, 0.3) is 0 Å². The van der Waals surface area contributed by atoms with Gasteiger partial charge in [0, 0.05) is 5.92 Å². The molecule has 0 spiro atoms. The molecule has 1 aliphatic rings. The lowest BCUT2D eigenvalue weighted by Crippen LogP contribution is -2.35. The molecule has 5 nitrogen and oxygen atoms in total. The number of carbonyl (C=O) groups excluding carboxylic acids is 1. The summed E-state index contributed by atoms with van der Waals surface area (Å²) in [7, 11) is 1.43. The van der Waals surface area contributed by atoms with Gasteiger partial charge in [0.2, 0.25) is 5.91 Å². The molecule has 1 aliphatic carbocycles. The molecule has 0 aromatic heterocycles. The Kier molecular flexibility index (Phi) is 5.32. The number of carboxylic acids is 1. The molecule has 0 radical (unpaired) electrons. The first kappa shape index (κ1) is 19.1. The van der Waals surface area contributed by atoms with Crippen LogP contribution in [-0.4, -0.2) is 24.1 Å². The van der Waals surface area contributed by atoms with Crippen LogP contribution in [0.4, 0.5) is 8.78 Å². The van der Waals surface area contributed by atoms with Crippen LogP contribution in [-0.2, 0) is 9.59 Å². The molecule has 1 amide bonds. The maximum Gasteiger partial charge on any atom is 0.330 e. The van der Waals surface area contributed by atoms with Crippen molar-refractivity contribution < 1.29 is 28.2 Å². The van der Waals surface area contributed by atoms with Crippen molar-refractivity contribution >= 4 is 23.5 Å². The van der Waals surface area contributed by atoms with Crippen molar-refractivity contribution in [1.29, 1.82) is 0 Å². The van der Waals surface area contributed by atoms with Gasteiger partial charge in [0.15, 0.2) is 17.7 Å². The van der Waals surface area contributed by atoms with E-state index in [0.717, 1.165) is 12.1 Å². The molecule has 3 unspecified atom stereocenters. The van der Waals surface area contributed by atoms with Gasteiger partial charge in [-0.25, -0.2) is 13.6 Å². The van der Waals surface area contributed by atoms with E-state index in [1.165, 1.54) is 31.4 Å². The first-order valence-corrected chi connectivity index (χ1v) is 8.51. The summed E-state index contributed by atoms with van der Waals surface area (Å²) in [5, 5.41) is 12.2. The average molecular weight is 396 g/mol. The Morgan fingerprint density at radius 3 is 2.56 bits per heavy atom. The van der Waals surface area contributed by atoms with Crippen LogP contribution in [0, 0.1) is 17.6 Å². The van der Waals surface area contributed by atoms with Gasteiger partial charge in [0.1, 0.15) is 5.75 Å². The van der Waals surface area contributed by atoms with Gasteiger partial charge >= 0.3 is 5.97 Å². The van der Waals surface area contributed by atoms with Crippen LogP contribution in [0.3, 0.4) is 0 Å². The van der Waals surface area contributed by atoms with E-state index in [-0.39, 0.29) is 10.9 Å². The fraction of sp³-hybridized carbons (Fsp3) is 0.263. The van der Waals surface area contributed by atoms with Gasteiger partial charge in [-0.15, -0.1) is 0 Å². The minimum absolute atomic E-state index is 0.224. The zero-order valence-corrected chi connectivity index (χ0v) is 15.0. The molecular formula is C19H16ClF2NO4. The van der Waals surface area contributed by atoms with E-state index in [4.69, 9.17) is 16.3 Å². The summed E-state index contributed by atoms with van der Waals surface area (Å²) in [4.78, 5) is 24.0. The quantitative estimate of drug-likeness (QED) is 0.782. The number of halogens is 3. The Hall–Kier alpha value is -2.67. The van der Waals surface area contributed by atoms with Crippen molar-refractivity contribution in [3.05, 3.63) is 64.2 Å². The van der Waals surface area contributed by atoms with Gasteiger partial charge in [-0.1, -0.05) is 23.7 Å². The smallest absolute Gasteiger partial charge is 0.330 e. The number of methoxy groups -OCH3 is 1. The highest BCUT2D eigenvalue weighted by Gasteiger charge is 2.45. The summed E-state index contributed by atoms with van der Waals surface area (Å²) in [6, 6.07) is 6.65. The number of hydrogen-bond acceptors (Lipinski definition) is 3.